The van der Waals surface area contributed by atoms with Crippen molar-refractivity contribution in [3.63, 3.8) is 0 Å². The molecule has 142 valence electrons. The minimum absolute atomic E-state index is 0.0822. The molecule has 5 heteroatoms. The van der Waals surface area contributed by atoms with Crippen molar-refractivity contribution in [2.45, 2.75) is 31.3 Å². The fourth-order valence-electron chi connectivity index (χ4n) is 4.35. The highest BCUT2D eigenvalue weighted by atomic mass is 19.1. The summed E-state index contributed by atoms with van der Waals surface area (Å²) in [6.45, 7) is 2.22. The summed E-state index contributed by atoms with van der Waals surface area (Å²) < 4.78 is 13.5. The molecule has 0 bridgehead atoms. The van der Waals surface area contributed by atoms with Gasteiger partial charge in [0.05, 0.1) is 6.04 Å². The van der Waals surface area contributed by atoms with E-state index in [1.54, 1.807) is 12.1 Å². The van der Waals surface area contributed by atoms with Gasteiger partial charge in [0.15, 0.2) is 0 Å². The fourth-order valence-corrected chi connectivity index (χ4v) is 4.35. The van der Waals surface area contributed by atoms with E-state index in [4.69, 9.17) is 0 Å². The molecule has 1 fully saturated rings. The summed E-state index contributed by atoms with van der Waals surface area (Å²) in [5.74, 6) is -0.256. The van der Waals surface area contributed by atoms with E-state index in [9.17, 15) is 9.18 Å². The number of fused-ring (bicyclic) bond motifs is 1. The van der Waals surface area contributed by atoms with Gasteiger partial charge in [0.25, 0.3) is 0 Å². The van der Waals surface area contributed by atoms with Crippen molar-refractivity contribution in [2.24, 2.45) is 0 Å². The Morgan fingerprint density at radius 3 is 2.67 bits per heavy atom. The SMILES string of the molecule is CNC1CCCN(C(=O)N2CCc3ccccc3C2c2ccc(F)cc2)C1. The van der Waals surface area contributed by atoms with Crippen LogP contribution in [0.3, 0.4) is 0 Å². The van der Waals surface area contributed by atoms with Gasteiger partial charge in [-0.2, -0.15) is 0 Å². The average Bonchev–Trinajstić information content (AvgIpc) is 2.73. The Labute approximate surface area is 160 Å². The van der Waals surface area contributed by atoms with Crippen LogP contribution in [0, 0.1) is 5.82 Å². The number of hydrogen-bond acceptors (Lipinski definition) is 2. The first-order valence-corrected chi connectivity index (χ1v) is 9.73. The van der Waals surface area contributed by atoms with Gasteiger partial charge in [-0.15, -0.1) is 0 Å². The van der Waals surface area contributed by atoms with Gasteiger partial charge in [-0.05, 0) is 55.1 Å². The smallest absolute Gasteiger partial charge is 0.320 e. The van der Waals surface area contributed by atoms with E-state index in [1.165, 1.54) is 17.7 Å². The van der Waals surface area contributed by atoms with Crippen LogP contribution in [0.5, 0.6) is 0 Å². The van der Waals surface area contributed by atoms with Crippen LogP contribution in [0.4, 0.5) is 9.18 Å². The summed E-state index contributed by atoms with van der Waals surface area (Å²) in [5.41, 5.74) is 3.37. The zero-order valence-electron chi connectivity index (χ0n) is 15.7. The number of halogens is 1. The lowest BCUT2D eigenvalue weighted by Crippen LogP contribution is -2.53. The summed E-state index contributed by atoms with van der Waals surface area (Å²) in [6, 6.07) is 15.1. The number of piperidine rings is 1. The average molecular weight is 367 g/mol. The second-order valence-corrected chi connectivity index (χ2v) is 7.45. The van der Waals surface area contributed by atoms with Crippen molar-refractivity contribution < 1.29 is 9.18 Å². The first-order chi connectivity index (χ1) is 13.2. The van der Waals surface area contributed by atoms with E-state index in [0.29, 0.717) is 12.6 Å². The number of carbonyl (C=O) groups is 1. The van der Waals surface area contributed by atoms with Crippen molar-refractivity contribution in [3.8, 4) is 0 Å². The summed E-state index contributed by atoms with van der Waals surface area (Å²) in [5, 5.41) is 3.30. The molecular formula is C22H26FN3O. The highest BCUT2D eigenvalue weighted by Gasteiger charge is 2.35. The second-order valence-electron chi connectivity index (χ2n) is 7.45. The molecule has 2 aliphatic heterocycles. The van der Waals surface area contributed by atoms with Crippen molar-refractivity contribution >= 4 is 6.03 Å². The summed E-state index contributed by atoms with van der Waals surface area (Å²) in [7, 11) is 1.96. The molecule has 4 rings (SSSR count). The van der Waals surface area contributed by atoms with Crippen molar-refractivity contribution in [3.05, 3.63) is 71.0 Å². The Balaban J connectivity index is 1.68. The van der Waals surface area contributed by atoms with Crippen LogP contribution in [0.15, 0.2) is 48.5 Å². The van der Waals surface area contributed by atoms with Gasteiger partial charge in [0, 0.05) is 25.7 Å². The van der Waals surface area contributed by atoms with Crippen LogP contribution in [0.25, 0.3) is 0 Å². The molecule has 2 amide bonds. The van der Waals surface area contributed by atoms with E-state index < -0.39 is 0 Å². The maximum Gasteiger partial charge on any atom is 0.320 e. The maximum atomic E-state index is 13.5. The normalized spacial score (nSPS) is 22.4. The predicted molar refractivity (Wildman–Crippen MR) is 104 cm³/mol. The van der Waals surface area contributed by atoms with E-state index in [0.717, 1.165) is 43.5 Å². The van der Waals surface area contributed by atoms with Gasteiger partial charge in [0.2, 0.25) is 0 Å². The number of likely N-dealkylation sites (tertiary alicyclic amines) is 1. The van der Waals surface area contributed by atoms with Crippen LogP contribution >= 0.6 is 0 Å². The van der Waals surface area contributed by atoms with E-state index in [1.807, 2.05) is 29.0 Å². The largest absolute Gasteiger partial charge is 0.323 e. The Morgan fingerprint density at radius 2 is 1.89 bits per heavy atom. The van der Waals surface area contributed by atoms with Crippen LogP contribution in [0.2, 0.25) is 0 Å². The number of hydrogen-bond donors (Lipinski definition) is 1. The van der Waals surface area contributed by atoms with Crippen LogP contribution < -0.4 is 5.32 Å². The molecule has 27 heavy (non-hydrogen) atoms. The number of likely N-dealkylation sites (N-methyl/N-ethyl adjacent to an activating group) is 1. The number of rotatable bonds is 2. The van der Waals surface area contributed by atoms with Crippen molar-refractivity contribution in [1.29, 1.82) is 0 Å². The van der Waals surface area contributed by atoms with Gasteiger partial charge in [0.1, 0.15) is 5.82 Å². The molecule has 0 aliphatic carbocycles. The lowest BCUT2D eigenvalue weighted by Gasteiger charge is -2.42. The lowest BCUT2D eigenvalue weighted by atomic mass is 9.88. The summed E-state index contributed by atoms with van der Waals surface area (Å²) in [4.78, 5) is 17.4. The molecule has 0 radical (unpaired) electrons. The number of carbonyl (C=O) groups excluding carboxylic acids is 1. The van der Waals surface area contributed by atoms with Crippen LogP contribution in [0.1, 0.15) is 35.6 Å². The molecule has 2 aromatic rings. The maximum absolute atomic E-state index is 13.5. The number of nitrogens with one attached hydrogen (secondary N) is 1. The molecule has 2 aromatic carbocycles. The topological polar surface area (TPSA) is 35.6 Å². The number of amides is 2. The third-order valence-electron chi connectivity index (χ3n) is 5.82. The Kier molecular flexibility index (Phi) is 5.12. The van der Waals surface area contributed by atoms with Crippen molar-refractivity contribution in [1.82, 2.24) is 15.1 Å². The number of urea groups is 1. The molecule has 0 spiro atoms. The molecular weight excluding hydrogens is 341 g/mol. The first kappa shape index (κ1) is 18.0. The third-order valence-corrected chi connectivity index (χ3v) is 5.82. The third kappa shape index (κ3) is 3.56. The second kappa shape index (κ2) is 7.69. The Hall–Kier alpha value is -2.40. The van der Waals surface area contributed by atoms with Gasteiger partial charge in [-0.25, -0.2) is 9.18 Å². The summed E-state index contributed by atoms with van der Waals surface area (Å²) in [6.07, 6.45) is 2.97. The van der Waals surface area contributed by atoms with E-state index in [-0.39, 0.29) is 17.9 Å². The van der Waals surface area contributed by atoms with Crippen LogP contribution in [-0.4, -0.2) is 48.6 Å². The van der Waals surface area contributed by atoms with Crippen molar-refractivity contribution in [2.75, 3.05) is 26.7 Å². The molecule has 1 N–H and O–H groups in total. The molecule has 2 unspecified atom stereocenters. The first-order valence-electron chi connectivity index (χ1n) is 9.73. The number of nitrogens with zero attached hydrogens (tertiary/aromatic N) is 2. The van der Waals surface area contributed by atoms with Gasteiger partial charge >= 0.3 is 6.03 Å². The zero-order chi connectivity index (χ0) is 18.8. The van der Waals surface area contributed by atoms with Gasteiger partial charge in [-0.1, -0.05) is 36.4 Å². The highest BCUT2D eigenvalue weighted by molar-refractivity contribution is 5.76. The van der Waals surface area contributed by atoms with E-state index >= 15 is 0 Å². The highest BCUT2D eigenvalue weighted by Crippen LogP contribution is 2.36. The van der Waals surface area contributed by atoms with Gasteiger partial charge in [-0.3, -0.25) is 0 Å². The molecule has 2 atom stereocenters. The zero-order valence-corrected chi connectivity index (χ0v) is 15.7. The fraction of sp³-hybridized carbons (Fsp3) is 0.409. The Bertz CT molecular complexity index is 807. The lowest BCUT2D eigenvalue weighted by molar-refractivity contribution is 0.122. The molecule has 0 saturated carbocycles. The molecule has 1 saturated heterocycles. The standard InChI is InChI=1S/C22H26FN3O/c1-24-19-6-4-13-25(15-19)22(27)26-14-12-16-5-2-3-7-20(16)21(26)17-8-10-18(23)11-9-17/h2-3,5,7-11,19,21,24H,4,6,12-15H2,1H3. The monoisotopic (exact) mass is 367 g/mol. The predicted octanol–water partition coefficient (Wildman–Crippen LogP) is 3.58. The summed E-state index contributed by atoms with van der Waals surface area (Å²) >= 11 is 0. The van der Waals surface area contributed by atoms with E-state index in [2.05, 4.69) is 17.4 Å². The minimum atomic E-state index is -0.256. The molecule has 2 aliphatic rings. The molecule has 2 heterocycles. The Morgan fingerprint density at radius 1 is 1.11 bits per heavy atom. The quantitative estimate of drug-likeness (QED) is 0.881. The number of benzene rings is 2. The van der Waals surface area contributed by atoms with Gasteiger partial charge < -0.3 is 15.1 Å². The van der Waals surface area contributed by atoms with Crippen LogP contribution in [-0.2, 0) is 6.42 Å². The minimum Gasteiger partial charge on any atom is -0.323 e. The molecule has 4 nitrogen and oxygen atoms in total. The molecule has 0 aromatic heterocycles.